The summed E-state index contributed by atoms with van der Waals surface area (Å²) in [6, 6.07) is 0. The van der Waals surface area contributed by atoms with Crippen LogP contribution in [0.5, 0.6) is 0 Å². The minimum Gasteiger partial charge on any atom is -0.469 e. The van der Waals surface area contributed by atoms with Crippen LogP contribution < -0.4 is 0 Å². The van der Waals surface area contributed by atoms with Crippen LogP contribution in [0.4, 0.5) is 0 Å². The molecule has 0 saturated carbocycles. The third-order valence-corrected chi connectivity index (χ3v) is 2.27. The van der Waals surface area contributed by atoms with Crippen LogP contribution in [-0.2, 0) is 28.7 Å². The summed E-state index contributed by atoms with van der Waals surface area (Å²) in [6.07, 6.45) is 2.82. The first kappa shape index (κ1) is 24.3. The Morgan fingerprint density at radius 1 is 0.667 bits per heavy atom. The Kier molecular flexibility index (Phi) is 18.9. The van der Waals surface area contributed by atoms with Crippen LogP contribution in [0.1, 0.15) is 59.8 Å². The third kappa shape index (κ3) is 23.8. The Bertz CT molecular complexity index is 290. The maximum Gasteiger partial charge on any atom is 0.305 e. The van der Waals surface area contributed by atoms with E-state index in [4.69, 9.17) is 0 Å². The van der Waals surface area contributed by atoms with E-state index in [1.165, 1.54) is 28.1 Å². The molecule has 0 amide bonds. The van der Waals surface area contributed by atoms with E-state index >= 15 is 0 Å². The molecule has 0 spiro atoms. The van der Waals surface area contributed by atoms with Crippen molar-refractivity contribution in [2.24, 2.45) is 0 Å². The molecule has 0 aromatic carbocycles. The second-order valence-corrected chi connectivity index (χ2v) is 4.26. The number of carbonyl (C=O) groups excluding carboxylic acids is 4. The number of rotatable bonds is 8. The van der Waals surface area contributed by atoms with Crippen molar-refractivity contribution in [1.82, 2.24) is 0 Å². The van der Waals surface area contributed by atoms with Crippen LogP contribution >= 0.6 is 0 Å². The van der Waals surface area contributed by atoms with E-state index in [1.807, 2.05) is 0 Å². The van der Waals surface area contributed by atoms with Crippen molar-refractivity contribution in [2.75, 3.05) is 14.2 Å². The molecule has 0 fully saturated rings. The third-order valence-electron chi connectivity index (χ3n) is 2.27. The normalized spacial score (nSPS) is 8.57. The Labute approximate surface area is 127 Å². The molecule has 0 aliphatic rings. The van der Waals surface area contributed by atoms with E-state index < -0.39 is 0 Å². The van der Waals surface area contributed by atoms with Crippen molar-refractivity contribution in [3.05, 3.63) is 0 Å². The quantitative estimate of drug-likeness (QED) is 0.640. The summed E-state index contributed by atoms with van der Waals surface area (Å²) in [6.45, 7) is 3.02. The van der Waals surface area contributed by atoms with Gasteiger partial charge in [0.05, 0.1) is 14.2 Å². The van der Waals surface area contributed by atoms with Crippen molar-refractivity contribution in [3.8, 4) is 0 Å². The van der Waals surface area contributed by atoms with E-state index in [1.54, 1.807) is 0 Å². The minimum atomic E-state index is -0.249. The van der Waals surface area contributed by atoms with Crippen LogP contribution in [0.2, 0.25) is 0 Å². The molecule has 0 heterocycles. The zero-order valence-corrected chi connectivity index (χ0v) is 12.7. The van der Waals surface area contributed by atoms with Crippen molar-refractivity contribution in [3.63, 3.8) is 0 Å². The van der Waals surface area contributed by atoms with Gasteiger partial charge in [0.2, 0.25) is 0 Å². The van der Waals surface area contributed by atoms with Crippen molar-refractivity contribution >= 4 is 23.5 Å². The van der Waals surface area contributed by atoms with Crippen LogP contribution in [0.3, 0.4) is 0 Å². The molecule has 6 nitrogen and oxygen atoms in total. The summed E-state index contributed by atoms with van der Waals surface area (Å²) >= 11 is 0. The second-order valence-electron chi connectivity index (χ2n) is 4.26. The first-order chi connectivity index (χ1) is 9.33. The molecule has 0 atom stereocenters. The molecule has 0 aromatic heterocycles. The number of hydrogen-bond acceptors (Lipinski definition) is 6. The number of Topliss-reactive ketones (excluding diaryl/α,β-unsaturated/α-hetero) is 2. The van der Waals surface area contributed by atoms with Gasteiger partial charge in [-0.1, -0.05) is 7.43 Å². The molecule has 0 aliphatic heterocycles. The van der Waals surface area contributed by atoms with Crippen molar-refractivity contribution < 1.29 is 28.7 Å². The largest absolute Gasteiger partial charge is 0.469 e. The smallest absolute Gasteiger partial charge is 0.305 e. The maximum atomic E-state index is 10.5. The van der Waals surface area contributed by atoms with Crippen LogP contribution in [0.15, 0.2) is 0 Å². The summed E-state index contributed by atoms with van der Waals surface area (Å²) in [5, 5.41) is 0. The lowest BCUT2D eigenvalue weighted by atomic mass is 10.2. The highest BCUT2D eigenvalue weighted by Crippen LogP contribution is 1.97. The molecule has 6 heteroatoms. The first-order valence-corrected chi connectivity index (χ1v) is 6.46. The number of esters is 2. The van der Waals surface area contributed by atoms with E-state index in [-0.39, 0.29) is 30.9 Å². The zero-order valence-electron chi connectivity index (χ0n) is 12.7. The predicted octanol–water partition coefficient (Wildman–Crippen LogP) is 2.47. The average Bonchev–Trinajstić information content (AvgIpc) is 2.38. The van der Waals surface area contributed by atoms with Gasteiger partial charge in [0.1, 0.15) is 11.6 Å². The average molecular weight is 304 g/mol. The predicted molar refractivity (Wildman–Crippen MR) is 79.8 cm³/mol. The summed E-state index contributed by atoms with van der Waals surface area (Å²) in [7, 11) is 2.69. The number of ketones is 2. The standard InChI is InChI=1S/2C7H12O3.CH4/c2*1-6(8)4-3-5-7(9)10-2;/h2*3-5H2,1-2H3;1H4. The van der Waals surface area contributed by atoms with Crippen molar-refractivity contribution in [2.45, 2.75) is 59.8 Å². The SMILES string of the molecule is C.COC(=O)CCCC(C)=O.COC(=O)CCCC(C)=O. The van der Waals surface area contributed by atoms with E-state index in [0.29, 0.717) is 38.5 Å². The van der Waals surface area contributed by atoms with Gasteiger partial charge in [-0.15, -0.1) is 0 Å². The van der Waals surface area contributed by atoms with Crippen molar-refractivity contribution in [1.29, 1.82) is 0 Å². The summed E-state index contributed by atoms with van der Waals surface area (Å²) in [4.78, 5) is 41.6. The minimum absolute atomic E-state index is 0. The van der Waals surface area contributed by atoms with Crippen LogP contribution in [0, 0.1) is 0 Å². The zero-order chi connectivity index (χ0) is 16.0. The fourth-order valence-corrected chi connectivity index (χ4v) is 1.17. The fourth-order valence-electron chi connectivity index (χ4n) is 1.17. The molecule has 0 radical (unpaired) electrons. The molecule has 0 aromatic rings. The molecule has 124 valence electrons. The van der Waals surface area contributed by atoms with Gasteiger partial charge >= 0.3 is 11.9 Å². The van der Waals surface area contributed by atoms with Gasteiger partial charge in [0, 0.05) is 25.7 Å². The topological polar surface area (TPSA) is 86.7 Å². The second kappa shape index (κ2) is 16.3. The monoisotopic (exact) mass is 304 g/mol. The van der Waals surface area contributed by atoms with Gasteiger partial charge < -0.3 is 19.1 Å². The van der Waals surface area contributed by atoms with Crippen LogP contribution in [-0.4, -0.2) is 37.7 Å². The summed E-state index contributed by atoms with van der Waals surface area (Å²) < 4.78 is 8.76. The fraction of sp³-hybridized carbons (Fsp3) is 0.733. The highest BCUT2D eigenvalue weighted by atomic mass is 16.5. The molecule has 21 heavy (non-hydrogen) atoms. The molecule has 0 saturated heterocycles. The summed E-state index contributed by atoms with van der Waals surface area (Å²) in [5.41, 5.74) is 0. The maximum absolute atomic E-state index is 10.5. The van der Waals surface area contributed by atoms with Gasteiger partial charge in [-0.3, -0.25) is 9.59 Å². The number of carbonyl (C=O) groups is 4. The molecule has 0 aliphatic carbocycles. The number of hydrogen-bond donors (Lipinski definition) is 0. The molecule has 0 N–H and O–H groups in total. The Morgan fingerprint density at radius 3 is 1.14 bits per heavy atom. The first-order valence-electron chi connectivity index (χ1n) is 6.46. The molecule has 0 unspecified atom stereocenters. The lowest BCUT2D eigenvalue weighted by Gasteiger charge is -1.95. The Hall–Kier alpha value is -1.72. The van der Waals surface area contributed by atoms with E-state index in [2.05, 4.69) is 9.47 Å². The van der Waals surface area contributed by atoms with Gasteiger partial charge in [-0.2, -0.15) is 0 Å². The lowest BCUT2D eigenvalue weighted by molar-refractivity contribution is -0.141. The number of ether oxygens (including phenoxy) is 2. The van der Waals surface area contributed by atoms with Crippen LogP contribution in [0.25, 0.3) is 0 Å². The molecule has 0 rings (SSSR count). The molecular formula is C15H28O6. The summed E-state index contributed by atoms with van der Waals surface area (Å²) in [5.74, 6) is -0.268. The van der Waals surface area contributed by atoms with E-state index in [0.717, 1.165) is 0 Å². The van der Waals surface area contributed by atoms with Gasteiger partial charge in [-0.25, -0.2) is 0 Å². The van der Waals surface area contributed by atoms with Gasteiger partial charge in [-0.05, 0) is 26.7 Å². The number of methoxy groups -OCH3 is 2. The van der Waals surface area contributed by atoms with Gasteiger partial charge in [0.15, 0.2) is 0 Å². The van der Waals surface area contributed by atoms with Gasteiger partial charge in [0.25, 0.3) is 0 Å². The van der Waals surface area contributed by atoms with E-state index in [9.17, 15) is 19.2 Å². The Morgan fingerprint density at radius 2 is 0.952 bits per heavy atom. The highest BCUT2D eigenvalue weighted by Gasteiger charge is 2.00. The highest BCUT2D eigenvalue weighted by molar-refractivity contribution is 5.77. The lowest BCUT2D eigenvalue weighted by Crippen LogP contribution is -2.00. The molecular weight excluding hydrogens is 276 g/mol. The Balaban J connectivity index is -0.000000295. The molecule has 0 bridgehead atoms.